The van der Waals surface area contributed by atoms with Crippen molar-refractivity contribution in [2.45, 2.75) is 44.4 Å². The van der Waals surface area contributed by atoms with Gasteiger partial charge in [0, 0.05) is 31.0 Å². The lowest BCUT2D eigenvalue weighted by Crippen LogP contribution is -2.50. The minimum atomic E-state index is -0.388. The molecule has 140 valence electrons. The van der Waals surface area contributed by atoms with Crippen LogP contribution in [-0.4, -0.2) is 45.4 Å². The molecule has 1 saturated heterocycles. The number of rotatable bonds is 3. The van der Waals surface area contributed by atoms with Crippen LogP contribution in [0.3, 0.4) is 0 Å². The zero-order valence-electron chi connectivity index (χ0n) is 16.2. The topological polar surface area (TPSA) is 58.4 Å². The number of aromatic nitrogens is 2. The Labute approximate surface area is 155 Å². The van der Waals surface area contributed by atoms with E-state index in [1.807, 2.05) is 48.3 Å². The quantitative estimate of drug-likeness (QED) is 0.921. The normalized spacial score (nSPS) is 21.0. The third-order valence-electron chi connectivity index (χ3n) is 5.42. The van der Waals surface area contributed by atoms with Gasteiger partial charge < -0.3 is 10.0 Å². The molecule has 1 aliphatic rings. The van der Waals surface area contributed by atoms with Crippen molar-refractivity contribution >= 4 is 5.91 Å². The van der Waals surface area contributed by atoms with Gasteiger partial charge in [0.1, 0.15) is 5.69 Å². The molecule has 5 heteroatoms. The summed E-state index contributed by atoms with van der Waals surface area (Å²) in [5, 5.41) is 14.7. The van der Waals surface area contributed by atoms with Crippen molar-refractivity contribution in [1.82, 2.24) is 14.7 Å². The van der Waals surface area contributed by atoms with Crippen LogP contribution in [0.2, 0.25) is 0 Å². The molecule has 3 rings (SSSR count). The lowest BCUT2D eigenvalue weighted by molar-refractivity contribution is 0.0533. The van der Waals surface area contributed by atoms with Gasteiger partial charge in [0.05, 0.1) is 12.3 Å². The van der Waals surface area contributed by atoms with E-state index in [0.717, 1.165) is 24.1 Å². The zero-order valence-corrected chi connectivity index (χ0v) is 16.2. The summed E-state index contributed by atoms with van der Waals surface area (Å²) in [4.78, 5) is 15.1. The molecule has 1 amide bonds. The number of likely N-dealkylation sites (tertiary alicyclic amines) is 1. The first-order valence-electron chi connectivity index (χ1n) is 9.27. The average molecular weight is 355 g/mol. The number of nitrogens with zero attached hydrogens (tertiary/aromatic N) is 3. The molecule has 26 heavy (non-hydrogen) atoms. The predicted octanol–water partition coefficient (Wildman–Crippen LogP) is 2.88. The molecule has 0 saturated carbocycles. The molecule has 2 aromatic rings. The van der Waals surface area contributed by atoms with Crippen LogP contribution in [0, 0.1) is 0 Å². The summed E-state index contributed by atoms with van der Waals surface area (Å²) in [5.41, 5.74) is 2.13. The SMILES string of the molecule is Cn1nc(C(C)(C)C)cc1C(=O)N1CCCC(CO)(c2ccccc2)C1. The van der Waals surface area contributed by atoms with Gasteiger partial charge in [0.25, 0.3) is 5.91 Å². The third kappa shape index (κ3) is 3.40. The first-order valence-corrected chi connectivity index (χ1v) is 9.27. The summed E-state index contributed by atoms with van der Waals surface area (Å²) < 4.78 is 1.68. The maximum atomic E-state index is 13.2. The number of carbonyl (C=O) groups is 1. The second kappa shape index (κ2) is 6.88. The molecule has 0 radical (unpaired) electrons. The van der Waals surface area contributed by atoms with E-state index in [9.17, 15) is 9.90 Å². The van der Waals surface area contributed by atoms with Crippen molar-refractivity contribution in [1.29, 1.82) is 0 Å². The third-order valence-corrected chi connectivity index (χ3v) is 5.42. The van der Waals surface area contributed by atoms with Gasteiger partial charge in [0.15, 0.2) is 0 Å². The van der Waals surface area contributed by atoms with Crippen LogP contribution in [0.1, 0.15) is 55.4 Å². The van der Waals surface area contributed by atoms with Gasteiger partial charge in [-0.3, -0.25) is 9.48 Å². The molecule has 1 atom stereocenters. The summed E-state index contributed by atoms with van der Waals surface area (Å²) in [7, 11) is 1.82. The van der Waals surface area contributed by atoms with E-state index < -0.39 is 0 Å². The van der Waals surface area contributed by atoms with Gasteiger partial charge in [-0.15, -0.1) is 0 Å². The molecule has 2 heterocycles. The minimum absolute atomic E-state index is 0.0102. The molecule has 1 unspecified atom stereocenters. The Balaban J connectivity index is 1.88. The van der Waals surface area contributed by atoms with E-state index in [1.54, 1.807) is 4.68 Å². The van der Waals surface area contributed by atoms with Gasteiger partial charge in [0.2, 0.25) is 0 Å². The fourth-order valence-corrected chi connectivity index (χ4v) is 3.75. The van der Waals surface area contributed by atoms with Crippen molar-refractivity contribution in [3.8, 4) is 0 Å². The highest BCUT2D eigenvalue weighted by molar-refractivity contribution is 5.93. The molecule has 5 nitrogen and oxygen atoms in total. The molecule has 1 aromatic heterocycles. The highest BCUT2D eigenvalue weighted by atomic mass is 16.3. The fraction of sp³-hybridized carbons (Fsp3) is 0.524. The molecule has 1 aromatic carbocycles. The summed E-state index contributed by atoms with van der Waals surface area (Å²) >= 11 is 0. The Morgan fingerprint density at radius 3 is 2.54 bits per heavy atom. The highest BCUT2D eigenvalue weighted by Gasteiger charge is 2.39. The molecular formula is C21H29N3O2. The zero-order chi connectivity index (χ0) is 18.9. The number of amides is 1. The molecule has 0 spiro atoms. The number of carbonyl (C=O) groups excluding carboxylic acids is 1. The Kier molecular flexibility index (Phi) is 4.93. The average Bonchev–Trinajstić information content (AvgIpc) is 3.04. The minimum Gasteiger partial charge on any atom is -0.395 e. The first-order chi connectivity index (χ1) is 12.3. The number of piperidine rings is 1. The van der Waals surface area contributed by atoms with E-state index in [2.05, 4.69) is 25.9 Å². The Morgan fingerprint density at radius 1 is 1.27 bits per heavy atom. The predicted molar refractivity (Wildman–Crippen MR) is 102 cm³/mol. The van der Waals surface area contributed by atoms with Crippen LogP contribution in [0.15, 0.2) is 36.4 Å². The van der Waals surface area contributed by atoms with Crippen LogP contribution in [0.4, 0.5) is 0 Å². The largest absolute Gasteiger partial charge is 0.395 e. The molecule has 0 aliphatic carbocycles. The molecule has 1 fully saturated rings. The second-order valence-electron chi connectivity index (χ2n) is 8.42. The Bertz CT molecular complexity index is 776. The van der Waals surface area contributed by atoms with Crippen molar-refractivity contribution in [3.05, 3.63) is 53.3 Å². The number of hydrogen-bond donors (Lipinski definition) is 1. The van der Waals surface area contributed by atoms with Gasteiger partial charge in [-0.2, -0.15) is 5.10 Å². The Hall–Kier alpha value is -2.14. The Morgan fingerprint density at radius 2 is 1.96 bits per heavy atom. The molecule has 0 bridgehead atoms. The van der Waals surface area contributed by atoms with E-state index in [-0.39, 0.29) is 23.3 Å². The molecular weight excluding hydrogens is 326 g/mol. The van der Waals surface area contributed by atoms with Crippen molar-refractivity contribution in [2.75, 3.05) is 19.7 Å². The van der Waals surface area contributed by atoms with Crippen molar-refractivity contribution < 1.29 is 9.90 Å². The standard InChI is InChI=1S/C21H29N3O2/c1-20(2,3)18-13-17(23(4)22-18)19(26)24-12-8-11-21(14-24,15-25)16-9-6-5-7-10-16/h5-7,9-10,13,25H,8,11-12,14-15H2,1-4H3. The second-order valence-corrected chi connectivity index (χ2v) is 8.42. The van der Waals surface area contributed by atoms with Crippen LogP contribution < -0.4 is 0 Å². The van der Waals surface area contributed by atoms with E-state index >= 15 is 0 Å². The van der Waals surface area contributed by atoms with E-state index in [0.29, 0.717) is 18.8 Å². The summed E-state index contributed by atoms with van der Waals surface area (Å²) in [6.45, 7) is 7.56. The maximum Gasteiger partial charge on any atom is 0.272 e. The lowest BCUT2D eigenvalue weighted by atomic mass is 9.74. The summed E-state index contributed by atoms with van der Waals surface area (Å²) in [6.07, 6.45) is 1.76. The van der Waals surface area contributed by atoms with Gasteiger partial charge >= 0.3 is 0 Å². The number of hydrogen-bond acceptors (Lipinski definition) is 3. The summed E-state index contributed by atoms with van der Waals surface area (Å²) in [5.74, 6) is -0.0102. The molecule has 1 N–H and O–H groups in total. The van der Waals surface area contributed by atoms with Gasteiger partial charge in [-0.25, -0.2) is 0 Å². The van der Waals surface area contributed by atoms with Gasteiger partial charge in [-0.1, -0.05) is 51.1 Å². The lowest BCUT2D eigenvalue weighted by Gasteiger charge is -2.42. The van der Waals surface area contributed by atoms with Crippen LogP contribution >= 0.6 is 0 Å². The van der Waals surface area contributed by atoms with Crippen LogP contribution in [0.25, 0.3) is 0 Å². The summed E-state index contributed by atoms with van der Waals surface area (Å²) in [6, 6.07) is 12.0. The number of benzene rings is 1. The fourth-order valence-electron chi connectivity index (χ4n) is 3.75. The highest BCUT2D eigenvalue weighted by Crippen LogP contribution is 2.34. The monoisotopic (exact) mass is 355 g/mol. The first kappa shape index (κ1) is 18.6. The maximum absolute atomic E-state index is 13.2. The van der Waals surface area contributed by atoms with E-state index in [4.69, 9.17) is 0 Å². The number of aliphatic hydroxyl groups excluding tert-OH is 1. The smallest absolute Gasteiger partial charge is 0.272 e. The van der Waals surface area contributed by atoms with Gasteiger partial charge in [-0.05, 0) is 24.5 Å². The van der Waals surface area contributed by atoms with E-state index in [1.165, 1.54) is 0 Å². The van der Waals surface area contributed by atoms with Crippen LogP contribution in [-0.2, 0) is 17.9 Å². The molecule has 1 aliphatic heterocycles. The number of aliphatic hydroxyl groups is 1. The van der Waals surface area contributed by atoms with Crippen LogP contribution in [0.5, 0.6) is 0 Å². The van der Waals surface area contributed by atoms with Crippen molar-refractivity contribution in [3.63, 3.8) is 0 Å². The van der Waals surface area contributed by atoms with Crippen molar-refractivity contribution in [2.24, 2.45) is 7.05 Å². The number of aryl methyl sites for hydroxylation is 1.